The van der Waals surface area contributed by atoms with E-state index in [4.69, 9.17) is 11.1 Å². The monoisotopic (exact) mass is 345 g/mol. The van der Waals surface area contributed by atoms with Crippen molar-refractivity contribution in [1.29, 1.82) is 0 Å². The average molecular weight is 345 g/mol. The van der Waals surface area contributed by atoms with Crippen molar-refractivity contribution in [3.63, 3.8) is 0 Å². The summed E-state index contributed by atoms with van der Waals surface area (Å²) in [4.78, 5) is 19.4. The molecule has 3 aromatic rings. The zero-order chi connectivity index (χ0) is 18.1. The summed E-state index contributed by atoms with van der Waals surface area (Å²) in [6, 6.07) is 7.18. The predicted molar refractivity (Wildman–Crippen MR) is 102 cm³/mol. The Morgan fingerprint density at radius 3 is 2.85 bits per heavy atom. The van der Waals surface area contributed by atoms with Gasteiger partial charge in [-0.15, -0.1) is 0 Å². The first-order valence-corrected chi connectivity index (χ1v) is 8.88. The molecule has 130 valence electrons. The first kappa shape index (κ1) is 16.3. The molecule has 0 spiro atoms. The van der Waals surface area contributed by atoms with Crippen molar-refractivity contribution in [3.05, 3.63) is 63.4 Å². The molecule has 0 bridgehead atoms. The first-order chi connectivity index (χ1) is 12.7. The van der Waals surface area contributed by atoms with Crippen molar-refractivity contribution in [2.45, 2.75) is 39.0 Å². The van der Waals surface area contributed by atoms with E-state index in [1.54, 1.807) is 18.2 Å². The van der Waals surface area contributed by atoms with Crippen LogP contribution in [0.1, 0.15) is 43.4 Å². The summed E-state index contributed by atoms with van der Waals surface area (Å²) in [5.41, 5.74) is 4.38. The van der Waals surface area contributed by atoms with E-state index in [1.807, 2.05) is 13.0 Å². The molecule has 0 amide bonds. The molecule has 0 unspecified atom stereocenters. The van der Waals surface area contributed by atoms with Crippen LogP contribution in [0.15, 0.2) is 39.7 Å². The summed E-state index contributed by atoms with van der Waals surface area (Å²) in [5, 5.41) is 4.84. The predicted octanol–water partition coefficient (Wildman–Crippen LogP) is 5.39. The molecule has 0 aliphatic heterocycles. The molecular weight excluding hydrogens is 326 g/mol. The van der Waals surface area contributed by atoms with Gasteiger partial charge in [0.1, 0.15) is 0 Å². The third-order valence-electron chi connectivity index (χ3n) is 4.86. The number of hydrogen-bond donors (Lipinski definition) is 1. The second-order valence-corrected chi connectivity index (χ2v) is 6.71. The van der Waals surface area contributed by atoms with Crippen molar-refractivity contribution in [1.82, 2.24) is 10.1 Å². The molecular formula is C21H19N3O2. The molecule has 26 heavy (non-hydrogen) atoms. The summed E-state index contributed by atoms with van der Waals surface area (Å²) in [6.45, 7) is 9.18. The van der Waals surface area contributed by atoms with E-state index in [0.717, 1.165) is 53.4 Å². The van der Waals surface area contributed by atoms with Gasteiger partial charge in [-0.1, -0.05) is 23.7 Å². The van der Waals surface area contributed by atoms with Crippen LogP contribution in [0.25, 0.3) is 32.6 Å². The highest BCUT2D eigenvalue weighted by Crippen LogP contribution is 2.37. The number of H-pyrrole nitrogens is 1. The molecule has 0 saturated carbocycles. The first-order valence-electron chi connectivity index (χ1n) is 8.88. The Labute approximate surface area is 151 Å². The highest BCUT2D eigenvalue weighted by atomic mass is 16.5. The standard InChI is InChI=1S/C21H19N3O2/c1-13-11-18(26-24-13)20-19(14-7-5-3-4-6-8-14)16-12-15(22-2)9-10-17(16)23-21(20)25/h7,9-12H,3-6,8H2,1H3,(H,23,25). The Balaban J connectivity index is 2.10. The van der Waals surface area contributed by atoms with E-state index < -0.39 is 0 Å². The third-order valence-corrected chi connectivity index (χ3v) is 4.86. The van der Waals surface area contributed by atoms with Crippen LogP contribution >= 0.6 is 0 Å². The Kier molecular flexibility index (Phi) is 4.18. The number of pyridine rings is 1. The summed E-state index contributed by atoms with van der Waals surface area (Å²) in [6.07, 6.45) is 7.59. The van der Waals surface area contributed by atoms with Gasteiger partial charge in [0.2, 0.25) is 0 Å². The molecule has 0 fully saturated rings. The molecule has 0 atom stereocenters. The van der Waals surface area contributed by atoms with Gasteiger partial charge in [0.15, 0.2) is 11.4 Å². The quantitative estimate of drug-likeness (QED) is 0.633. The van der Waals surface area contributed by atoms with Crippen molar-refractivity contribution < 1.29 is 4.52 Å². The van der Waals surface area contributed by atoms with Gasteiger partial charge in [0, 0.05) is 17.1 Å². The van der Waals surface area contributed by atoms with Crippen LogP contribution in [0.2, 0.25) is 0 Å². The number of aryl methyl sites for hydroxylation is 1. The van der Waals surface area contributed by atoms with Crippen molar-refractivity contribution in [2.24, 2.45) is 0 Å². The lowest BCUT2D eigenvalue weighted by molar-refractivity contribution is 0.426. The molecule has 1 aliphatic rings. The number of benzene rings is 1. The molecule has 4 rings (SSSR count). The van der Waals surface area contributed by atoms with E-state index in [-0.39, 0.29) is 5.56 Å². The SMILES string of the molecule is [C-]#[N+]c1ccc2[nH]c(=O)c(-c3cc(C)no3)c(C3=CCCCCC3)c2c1. The van der Waals surface area contributed by atoms with E-state index in [0.29, 0.717) is 17.0 Å². The van der Waals surface area contributed by atoms with E-state index >= 15 is 0 Å². The second kappa shape index (κ2) is 6.64. The Bertz CT molecular complexity index is 1110. The molecule has 5 nitrogen and oxygen atoms in total. The molecule has 2 heterocycles. The largest absolute Gasteiger partial charge is 0.356 e. The van der Waals surface area contributed by atoms with E-state index in [2.05, 4.69) is 21.1 Å². The van der Waals surface area contributed by atoms with Gasteiger partial charge in [-0.2, -0.15) is 0 Å². The van der Waals surface area contributed by atoms with Gasteiger partial charge in [0.25, 0.3) is 5.56 Å². The Morgan fingerprint density at radius 1 is 1.19 bits per heavy atom. The number of hydrogen-bond acceptors (Lipinski definition) is 3. The number of allylic oxidation sites excluding steroid dienone is 2. The Morgan fingerprint density at radius 2 is 2.08 bits per heavy atom. The van der Waals surface area contributed by atoms with Crippen LogP contribution < -0.4 is 5.56 Å². The third kappa shape index (κ3) is 2.84. The number of nitrogens with one attached hydrogen (secondary N) is 1. The molecule has 0 saturated heterocycles. The normalized spacial score (nSPS) is 14.7. The fraction of sp³-hybridized carbons (Fsp3) is 0.286. The van der Waals surface area contributed by atoms with Gasteiger partial charge in [-0.05, 0) is 55.7 Å². The van der Waals surface area contributed by atoms with Crippen LogP contribution in [-0.4, -0.2) is 10.1 Å². The van der Waals surface area contributed by atoms with Gasteiger partial charge >= 0.3 is 0 Å². The number of aromatic amines is 1. The van der Waals surface area contributed by atoms with Crippen LogP contribution in [0.5, 0.6) is 0 Å². The minimum absolute atomic E-state index is 0.190. The average Bonchev–Trinajstić information content (AvgIpc) is 2.90. The van der Waals surface area contributed by atoms with Crippen LogP contribution in [-0.2, 0) is 0 Å². The summed E-state index contributed by atoms with van der Waals surface area (Å²) in [5.74, 6) is 0.471. The van der Waals surface area contributed by atoms with E-state index in [9.17, 15) is 4.79 Å². The van der Waals surface area contributed by atoms with E-state index in [1.165, 1.54) is 6.42 Å². The summed E-state index contributed by atoms with van der Waals surface area (Å²) >= 11 is 0. The topological polar surface area (TPSA) is 63.2 Å². The second-order valence-electron chi connectivity index (χ2n) is 6.71. The maximum absolute atomic E-state index is 12.9. The maximum Gasteiger partial charge on any atom is 0.260 e. The lowest BCUT2D eigenvalue weighted by Crippen LogP contribution is -2.12. The molecule has 1 N–H and O–H groups in total. The molecule has 1 aliphatic carbocycles. The summed E-state index contributed by atoms with van der Waals surface area (Å²) < 4.78 is 5.44. The molecule has 2 aromatic heterocycles. The highest BCUT2D eigenvalue weighted by molar-refractivity contribution is 5.99. The number of fused-ring (bicyclic) bond motifs is 1. The van der Waals surface area contributed by atoms with Crippen molar-refractivity contribution >= 4 is 22.2 Å². The van der Waals surface area contributed by atoms with Crippen molar-refractivity contribution in [3.8, 4) is 11.3 Å². The minimum Gasteiger partial charge on any atom is -0.356 e. The molecule has 0 radical (unpaired) electrons. The van der Waals surface area contributed by atoms with Crippen LogP contribution in [0, 0.1) is 13.5 Å². The molecule has 1 aromatic carbocycles. The smallest absolute Gasteiger partial charge is 0.260 e. The zero-order valence-electron chi connectivity index (χ0n) is 14.6. The number of aromatic nitrogens is 2. The minimum atomic E-state index is -0.190. The van der Waals surface area contributed by atoms with Gasteiger partial charge in [-0.25, -0.2) is 4.85 Å². The van der Waals surface area contributed by atoms with Gasteiger partial charge in [0.05, 0.1) is 17.8 Å². The zero-order valence-corrected chi connectivity index (χ0v) is 14.6. The van der Waals surface area contributed by atoms with Crippen LogP contribution in [0.3, 0.4) is 0 Å². The maximum atomic E-state index is 12.9. The van der Waals surface area contributed by atoms with Gasteiger partial charge in [-0.3, -0.25) is 4.79 Å². The Hall–Kier alpha value is -3.13. The number of rotatable bonds is 2. The number of nitrogens with zero attached hydrogens (tertiary/aromatic N) is 2. The summed E-state index contributed by atoms with van der Waals surface area (Å²) in [7, 11) is 0. The highest BCUT2D eigenvalue weighted by Gasteiger charge is 2.21. The lowest BCUT2D eigenvalue weighted by Gasteiger charge is -2.14. The van der Waals surface area contributed by atoms with Gasteiger partial charge < -0.3 is 9.51 Å². The van der Waals surface area contributed by atoms with Crippen LogP contribution in [0.4, 0.5) is 5.69 Å². The fourth-order valence-corrected chi connectivity index (χ4v) is 3.64. The lowest BCUT2D eigenvalue weighted by atomic mass is 9.92. The molecule has 5 heteroatoms. The fourth-order valence-electron chi connectivity index (χ4n) is 3.64. The van der Waals surface area contributed by atoms with Crippen molar-refractivity contribution in [2.75, 3.05) is 0 Å².